The van der Waals surface area contributed by atoms with Crippen molar-refractivity contribution >= 4 is 5.97 Å². The molecule has 0 saturated heterocycles. The van der Waals surface area contributed by atoms with Gasteiger partial charge in [-0.1, -0.05) is 6.42 Å². The highest BCUT2D eigenvalue weighted by atomic mass is 16.7. The second-order valence-electron chi connectivity index (χ2n) is 6.18. The Hall–Kier alpha value is -2.50. The Kier molecular flexibility index (Phi) is 3.07. The Morgan fingerprint density at radius 1 is 1.17 bits per heavy atom. The third-order valence-corrected chi connectivity index (χ3v) is 4.55. The zero-order valence-corrected chi connectivity index (χ0v) is 12.9. The van der Waals surface area contributed by atoms with E-state index in [9.17, 15) is 4.79 Å². The summed E-state index contributed by atoms with van der Waals surface area (Å²) in [5, 5.41) is 13.1. The molecule has 0 bridgehead atoms. The van der Waals surface area contributed by atoms with Gasteiger partial charge < -0.3 is 14.6 Å². The number of aromatic nitrogens is 2. The molecule has 1 aliphatic heterocycles. The fraction of sp³-hybridized carbons (Fsp3) is 0.412. The second kappa shape index (κ2) is 5.01. The Bertz CT molecular complexity index is 775. The number of rotatable bonds is 2. The number of aromatic carboxylic acids is 1. The molecule has 1 aromatic carbocycles. The molecule has 23 heavy (non-hydrogen) atoms. The van der Waals surface area contributed by atoms with Crippen molar-refractivity contribution in [1.29, 1.82) is 0 Å². The average Bonchev–Trinajstić information content (AvgIpc) is 3.07. The van der Waals surface area contributed by atoms with Gasteiger partial charge in [-0.2, -0.15) is 5.10 Å². The summed E-state index contributed by atoms with van der Waals surface area (Å²) in [7, 11) is 1.73. The van der Waals surface area contributed by atoms with Gasteiger partial charge >= 0.3 is 5.97 Å². The summed E-state index contributed by atoms with van der Waals surface area (Å²) in [6.45, 7) is 0. The molecule has 4 rings (SSSR count). The molecule has 0 radical (unpaired) electrons. The third-order valence-electron chi connectivity index (χ3n) is 4.55. The van der Waals surface area contributed by atoms with Crippen molar-refractivity contribution in [2.45, 2.75) is 37.9 Å². The number of fused-ring (bicyclic) bond motifs is 1. The molecular formula is C17H18N2O4. The van der Waals surface area contributed by atoms with Crippen LogP contribution in [0.3, 0.4) is 0 Å². The Balaban J connectivity index is 1.67. The van der Waals surface area contributed by atoms with E-state index < -0.39 is 11.8 Å². The van der Waals surface area contributed by atoms with Gasteiger partial charge in [0.1, 0.15) is 0 Å². The fourth-order valence-electron chi connectivity index (χ4n) is 3.39. The van der Waals surface area contributed by atoms with E-state index in [2.05, 4.69) is 5.10 Å². The van der Waals surface area contributed by atoms with E-state index in [1.807, 2.05) is 18.2 Å². The highest BCUT2D eigenvalue weighted by molar-refractivity contribution is 5.87. The summed E-state index contributed by atoms with van der Waals surface area (Å²) >= 11 is 0. The summed E-state index contributed by atoms with van der Waals surface area (Å²) in [5.41, 5.74) is 1.63. The maximum Gasteiger partial charge on any atom is 0.356 e. The van der Waals surface area contributed by atoms with Crippen molar-refractivity contribution in [3.63, 3.8) is 0 Å². The topological polar surface area (TPSA) is 73.6 Å². The van der Waals surface area contributed by atoms with Crippen molar-refractivity contribution in [2.24, 2.45) is 7.05 Å². The molecule has 6 heteroatoms. The van der Waals surface area contributed by atoms with Gasteiger partial charge in [-0.05, 0) is 37.1 Å². The summed E-state index contributed by atoms with van der Waals surface area (Å²) in [5.74, 6) is -0.0507. The van der Waals surface area contributed by atoms with Crippen LogP contribution in [-0.2, 0) is 7.05 Å². The normalized spacial score (nSPS) is 18.3. The van der Waals surface area contributed by atoms with Crippen LogP contribution in [0.5, 0.6) is 11.5 Å². The molecule has 1 fully saturated rings. The van der Waals surface area contributed by atoms with E-state index in [0.29, 0.717) is 0 Å². The van der Waals surface area contributed by atoms with Crippen LogP contribution < -0.4 is 9.47 Å². The number of carbonyl (C=O) groups is 1. The lowest BCUT2D eigenvalue weighted by Crippen LogP contribution is -2.40. The first-order valence-electron chi connectivity index (χ1n) is 7.86. The highest BCUT2D eigenvalue weighted by Gasteiger charge is 2.42. The molecule has 0 unspecified atom stereocenters. The lowest BCUT2D eigenvalue weighted by Gasteiger charge is -2.31. The molecule has 1 N–H and O–H groups in total. The van der Waals surface area contributed by atoms with E-state index in [0.717, 1.165) is 48.4 Å². The number of ether oxygens (including phenoxy) is 2. The molecule has 0 atom stereocenters. The minimum absolute atomic E-state index is 0.0314. The third kappa shape index (κ3) is 2.34. The predicted octanol–water partition coefficient (Wildman–Crippen LogP) is 3.22. The van der Waals surface area contributed by atoms with Crippen LogP contribution in [0.15, 0.2) is 24.3 Å². The van der Waals surface area contributed by atoms with Gasteiger partial charge in [-0.3, -0.25) is 4.68 Å². The molecule has 1 saturated carbocycles. The average molecular weight is 314 g/mol. The Labute approximate surface area is 133 Å². The van der Waals surface area contributed by atoms with E-state index in [1.165, 1.54) is 6.42 Å². The lowest BCUT2D eigenvalue weighted by molar-refractivity contribution is -0.105. The van der Waals surface area contributed by atoms with Gasteiger partial charge in [0.05, 0.1) is 5.69 Å². The van der Waals surface area contributed by atoms with E-state index in [-0.39, 0.29) is 5.69 Å². The molecule has 120 valence electrons. The van der Waals surface area contributed by atoms with E-state index in [4.69, 9.17) is 14.6 Å². The minimum Gasteiger partial charge on any atom is -0.476 e. The minimum atomic E-state index is -1.03. The van der Waals surface area contributed by atoms with Gasteiger partial charge in [0.15, 0.2) is 17.2 Å². The zero-order valence-electron chi connectivity index (χ0n) is 12.9. The molecule has 6 nitrogen and oxygen atoms in total. The molecular weight excluding hydrogens is 296 g/mol. The van der Waals surface area contributed by atoms with Gasteiger partial charge in [-0.15, -0.1) is 0 Å². The molecule has 1 spiro atoms. The highest BCUT2D eigenvalue weighted by Crippen LogP contribution is 2.46. The van der Waals surface area contributed by atoms with Gasteiger partial charge in [-0.25, -0.2) is 4.79 Å². The molecule has 1 aliphatic carbocycles. The van der Waals surface area contributed by atoms with Gasteiger partial charge in [0.2, 0.25) is 0 Å². The van der Waals surface area contributed by atoms with E-state index >= 15 is 0 Å². The first-order chi connectivity index (χ1) is 11.1. The van der Waals surface area contributed by atoms with Crippen LogP contribution in [0.1, 0.15) is 42.6 Å². The first-order valence-corrected chi connectivity index (χ1v) is 7.86. The number of hydrogen-bond acceptors (Lipinski definition) is 4. The van der Waals surface area contributed by atoms with Crippen LogP contribution in [0.25, 0.3) is 11.3 Å². The Morgan fingerprint density at radius 3 is 2.61 bits per heavy atom. The second-order valence-corrected chi connectivity index (χ2v) is 6.18. The summed E-state index contributed by atoms with van der Waals surface area (Å²) in [4.78, 5) is 11.1. The quantitative estimate of drug-likeness (QED) is 0.921. The Morgan fingerprint density at radius 2 is 1.91 bits per heavy atom. The molecule has 0 amide bonds. The maximum atomic E-state index is 11.1. The number of carboxylic acid groups (broad SMARTS) is 1. The summed E-state index contributed by atoms with van der Waals surface area (Å²) in [6, 6.07) is 7.27. The number of hydrogen-bond donors (Lipinski definition) is 1. The SMILES string of the molecule is Cn1nc(C(=O)O)cc1-c1ccc2c(c1)OC1(CCCCC1)O2. The van der Waals surface area contributed by atoms with Crippen molar-refractivity contribution in [2.75, 3.05) is 0 Å². The first kappa shape index (κ1) is 14.1. The van der Waals surface area contributed by atoms with Gasteiger partial charge in [0.25, 0.3) is 5.79 Å². The van der Waals surface area contributed by atoms with Crippen LogP contribution in [0, 0.1) is 0 Å². The summed E-state index contributed by atoms with van der Waals surface area (Å²) in [6.07, 6.45) is 5.27. The predicted molar refractivity (Wildman–Crippen MR) is 82.7 cm³/mol. The van der Waals surface area contributed by atoms with Crippen molar-refractivity contribution < 1.29 is 19.4 Å². The number of aryl methyl sites for hydroxylation is 1. The number of benzene rings is 1. The zero-order chi connectivity index (χ0) is 16.0. The molecule has 2 heterocycles. The van der Waals surface area contributed by atoms with E-state index in [1.54, 1.807) is 17.8 Å². The smallest absolute Gasteiger partial charge is 0.356 e. The van der Waals surface area contributed by atoms with Crippen LogP contribution in [0.2, 0.25) is 0 Å². The molecule has 1 aromatic heterocycles. The van der Waals surface area contributed by atoms with Crippen LogP contribution >= 0.6 is 0 Å². The fourth-order valence-corrected chi connectivity index (χ4v) is 3.39. The standard InChI is InChI=1S/C17H18N2O4/c1-19-13(10-12(18-19)16(20)21)11-5-6-14-15(9-11)23-17(22-14)7-3-2-4-8-17/h5-6,9-10H,2-4,7-8H2,1H3,(H,20,21). The van der Waals surface area contributed by atoms with Gasteiger partial charge in [0, 0.05) is 25.5 Å². The number of nitrogens with zero attached hydrogens (tertiary/aromatic N) is 2. The van der Waals surface area contributed by atoms with Crippen molar-refractivity contribution in [1.82, 2.24) is 9.78 Å². The maximum absolute atomic E-state index is 11.1. The van der Waals surface area contributed by atoms with Crippen molar-refractivity contribution in [3.05, 3.63) is 30.0 Å². The monoisotopic (exact) mass is 314 g/mol. The lowest BCUT2D eigenvalue weighted by atomic mass is 9.94. The molecule has 2 aliphatic rings. The molecule has 2 aromatic rings. The largest absolute Gasteiger partial charge is 0.476 e. The summed E-state index contributed by atoms with van der Waals surface area (Å²) < 4.78 is 13.8. The number of carboxylic acids is 1. The van der Waals surface area contributed by atoms with Crippen molar-refractivity contribution in [3.8, 4) is 22.8 Å². The van der Waals surface area contributed by atoms with Crippen LogP contribution in [0.4, 0.5) is 0 Å². The van der Waals surface area contributed by atoms with Crippen LogP contribution in [-0.4, -0.2) is 26.6 Å².